The zero-order chi connectivity index (χ0) is 23.7. The lowest BCUT2D eigenvalue weighted by Gasteiger charge is -2.18. The smallest absolute Gasteiger partial charge is 0.408 e. The first-order valence-electron chi connectivity index (χ1n) is 9.43. The molecule has 0 aliphatic heterocycles. The summed E-state index contributed by atoms with van der Waals surface area (Å²) >= 11 is 0. The SMILES string of the molecule is COC(=O)[C@H](CCP(=O)(O)Cc1ccc(O)c([N+](=O)[O-])c1)NC(=O)OCc1ccccc1. The molecule has 0 aromatic heterocycles. The number of aromatic hydroxyl groups is 1. The molecule has 2 aromatic carbocycles. The number of nitro groups is 1. The van der Waals surface area contributed by atoms with E-state index in [2.05, 4.69) is 10.1 Å². The molecule has 0 saturated heterocycles. The summed E-state index contributed by atoms with van der Waals surface area (Å²) in [4.78, 5) is 44.4. The Morgan fingerprint density at radius 3 is 2.50 bits per heavy atom. The summed E-state index contributed by atoms with van der Waals surface area (Å²) in [5.74, 6) is -1.38. The van der Waals surface area contributed by atoms with Gasteiger partial charge in [0.15, 0.2) is 5.75 Å². The lowest BCUT2D eigenvalue weighted by Crippen LogP contribution is -2.42. The molecule has 0 fully saturated rings. The van der Waals surface area contributed by atoms with E-state index in [-0.39, 0.29) is 24.8 Å². The van der Waals surface area contributed by atoms with Crippen molar-refractivity contribution in [2.45, 2.75) is 25.2 Å². The van der Waals surface area contributed by atoms with E-state index in [1.165, 1.54) is 6.07 Å². The van der Waals surface area contributed by atoms with Crippen molar-refractivity contribution in [1.29, 1.82) is 0 Å². The van der Waals surface area contributed by atoms with Gasteiger partial charge in [-0.3, -0.25) is 14.7 Å². The maximum atomic E-state index is 12.6. The number of phenolic OH excluding ortho intramolecular Hbond substituents is 1. The van der Waals surface area contributed by atoms with Crippen LogP contribution in [-0.2, 0) is 31.6 Å². The zero-order valence-corrected chi connectivity index (χ0v) is 18.1. The number of benzene rings is 2. The second-order valence-corrected chi connectivity index (χ2v) is 9.33. The van der Waals surface area contributed by atoms with Gasteiger partial charge in [-0.2, -0.15) is 0 Å². The summed E-state index contributed by atoms with van der Waals surface area (Å²) in [6.07, 6.45) is -1.91. The molecular weight excluding hydrogens is 443 g/mol. The second-order valence-electron chi connectivity index (χ2n) is 6.88. The monoisotopic (exact) mass is 466 g/mol. The van der Waals surface area contributed by atoms with Gasteiger partial charge in [0.2, 0.25) is 7.37 Å². The molecule has 32 heavy (non-hydrogen) atoms. The molecule has 3 N–H and O–H groups in total. The molecule has 2 rings (SSSR count). The average Bonchev–Trinajstić information content (AvgIpc) is 2.76. The maximum absolute atomic E-state index is 12.6. The molecule has 0 heterocycles. The number of hydrogen-bond acceptors (Lipinski definition) is 8. The Bertz CT molecular complexity index is 1010. The first-order valence-corrected chi connectivity index (χ1v) is 11.5. The molecule has 0 spiro atoms. The molecule has 1 unspecified atom stereocenters. The van der Waals surface area contributed by atoms with Gasteiger partial charge in [-0.1, -0.05) is 36.4 Å². The molecule has 12 heteroatoms. The molecule has 0 aliphatic rings. The third-order valence-electron chi connectivity index (χ3n) is 4.42. The van der Waals surface area contributed by atoms with Crippen LogP contribution in [-0.4, -0.2) is 46.3 Å². The number of esters is 1. The van der Waals surface area contributed by atoms with Crippen molar-refractivity contribution >= 4 is 25.1 Å². The zero-order valence-electron chi connectivity index (χ0n) is 17.2. The minimum atomic E-state index is -3.89. The van der Waals surface area contributed by atoms with E-state index in [4.69, 9.17) is 4.74 Å². The van der Waals surface area contributed by atoms with Crippen LogP contribution in [0.25, 0.3) is 0 Å². The summed E-state index contributed by atoms with van der Waals surface area (Å²) < 4.78 is 22.3. The Kier molecular flexibility index (Phi) is 8.74. The van der Waals surface area contributed by atoms with Crippen molar-refractivity contribution in [3.63, 3.8) is 0 Å². The van der Waals surface area contributed by atoms with Gasteiger partial charge in [0.25, 0.3) is 0 Å². The molecule has 0 radical (unpaired) electrons. The van der Waals surface area contributed by atoms with Gasteiger partial charge >= 0.3 is 17.7 Å². The van der Waals surface area contributed by atoms with Gasteiger partial charge in [-0.15, -0.1) is 0 Å². The number of ether oxygens (including phenoxy) is 2. The van der Waals surface area contributed by atoms with Crippen molar-refractivity contribution in [3.05, 3.63) is 69.8 Å². The number of alkyl carbamates (subject to hydrolysis) is 1. The lowest BCUT2D eigenvalue weighted by atomic mass is 10.2. The minimum Gasteiger partial charge on any atom is -0.502 e. The first kappa shape index (κ1) is 24.8. The van der Waals surface area contributed by atoms with Gasteiger partial charge in [-0.25, -0.2) is 9.59 Å². The molecule has 172 valence electrons. The fourth-order valence-electron chi connectivity index (χ4n) is 2.81. The number of amides is 1. The van der Waals surface area contributed by atoms with Gasteiger partial charge in [-0.05, 0) is 23.6 Å². The lowest BCUT2D eigenvalue weighted by molar-refractivity contribution is -0.385. The third kappa shape index (κ3) is 7.68. The molecule has 0 saturated carbocycles. The van der Waals surface area contributed by atoms with E-state index < -0.39 is 48.0 Å². The van der Waals surface area contributed by atoms with Crippen LogP contribution in [0, 0.1) is 10.1 Å². The van der Waals surface area contributed by atoms with Crippen LogP contribution in [0.4, 0.5) is 10.5 Å². The summed E-state index contributed by atoms with van der Waals surface area (Å²) in [5.41, 5.74) is 0.322. The highest BCUT2D eigenvalue weighted by Crippen LogP contribution is 2.46. The van der Waals surface area contributed by atoms with E-state index >= 15 is 0 Å². The number of phenols is 1. The topological polar surface area (TPSA) is 165 Å². The normalized spacial score (nSPS) is 13.4. The Balaban J connectivity index is 1.97. The number of rotatable bonds is 10. The van der Waals surface area contributed by atoms with Crippen LogP contribution in [0.1, 0.15) is 17.5 Å². The largest absolute Gasteiger partial charge is 0.502 e. The highest BCUT2D eigenvalue weighted by atomic mass is 31.2. The average molecular weight is 466 g/mol. The molecule has 2 aromatic rings. The number of nitro benzene ring substituents is 1. The fourth-order valence-corrected chi connectivity index (χ4v) is 4.39. The molecule has 0 aliphatic carbocycles. The minimum absolute atomic E-state index is 0.0291. The van der Waals surface area contributed by atoms with Gasteiger partial charge in [0.05, 0.1) is 12.0 Å². The highest BCUT2D eigenvalue weighted by molar-refractivity contribution is 7.57. The number of methoxy groups -OCH3 is 1. The standard InChI is InChI=1S/C20H23N2O9P/c1-30-19(24)16(21-20(25)31-12-14-5-3-2-4-6-14)9-10-32(28,29)13-15-7-8-18(23)17(11-15)22(26)27/h2-8,11,16,23H,9-10,12-13H2,1H3,(H,21,25)(H,28,29)/t16-/m0/s1. The summed E-state index contributed by atoms with van der Waals surface area (Å²) in [7, 11) is -2.78. The van der Waals surface area contributed by atoms with Crippen molar-refractivity contribution in [3.8, 4) is 5.75 Å². The van der Waals surface area contributed by atoms with E-state index in [0.29, 0.717) is 0 Å². The molecular formula is C20H23N2O9P. The number of carbonyl (C=O) groups excluding carboxylic acids is 2. The molecule has 0 bridgehead atoms. The summed E-state index contributed by atoms with van der Waals surface area (Å²) in [6.45, 7) is -0.0291. The van der Waals surface area contributed by atoms with E-state index in [0.717, 1.165) is 24.8 Å². The number of hydrogen-bond donors (Lipinski definition) is 3. The number of nitrogens with one attached hydrogen (secondary N) is 1. The first-order chi connectivity index (χ1) is 15.1. The van der Waals surface area contributed by atoms with Gasteiger partial charge in [0, 0.05) is 18.4 Å². The van der Waals surface area contributed by atoms with Crippen LogP contribution in [0.15, 0.2) is 48.5 Å². The van der Waals surface area contributed by atoms with Crippen molar-refractivity contribution in [2.75, 3.05) is 13.3 Å². The Morgan fingerprint density at radius 1 is 1.19 bits per heavy atom. The number of carbonyl (C=O) groups is 2. The highest BCUT2D eigenvalue weighted by Gasteiger charge is 2.28. The van der Waals surface area contributed by atoms with Crippen LogP contribution in [0.3, 0.4) is 0 Å². The second kappa shape index (κ2) is 11.3. The van der Waals surface area contributed by atoms with Gasteiger partial charge in [0.1, 0.15) is 12.6 Å². The van der Waals surface area contributed by atoms with Gasteiger partial charge < -0.3 is 24.8 Å². The predicted octanol–water partition coefficient (Wildman–Crippen LogP) is 2.93. The quantitative estimate of drug-likeness (QED) is 0.206. The Hall–Kier alpha value is -3.43. The van der Waals surface area contributed by atoms with E-state index in [1.54, 1.807) is 30.3 Å². The van der Waals surface area contributed by atoms with E-state index in [9.17, 15) is 34.3 Å². The fraction of sp³-hybridized carbons (Fsp3) is 0.300. The molecule has 11 nitrogen and oxygen atoms in total. The molecule has 1 amide bonds. The van der Waals surface area contributed by atoms with Crippen LogP contribution in [0.5, 0.6) is 5.75 Å². The number of nitrogens with zero attached hydrogens (tertiary/aromatic N) is 1. The van der Waals surface area contributed by atoms with Crippen molar-refractivity contribution < 1.29 is 38.6 Å². The molecule has 2 atom stereocenters. The van der Waals surface area contributed by atoms with E-state index in [1.807, 2.05) is 0 Å². The van der Waals surface area contributed by atoms with Crippen molar-refractivity contribution in [1.82, 2.24) is 5.32 Å². The summed E-state index contributed by atoms with van der Waals surface area (Å²) in [5, 5.41) is 22.7. The van der Waals surface area contributed by atoms with Crippen LogP contribution < -0.4 is 5.32 Å². The summed E-state index contributed by atoms with van der Waals surface area (Å²) in [6, 6.07) is 11.0. The third-order valence-corrected chi connectivity index (χ3v) is 6.24. The Labute approximate surface area is 183 Å². The predicted molar refractivity (Wildman–Crippen MR) is 113 cm³/mol. The van der Waals surface area contributed by atoms with Crippen LogP contribution in [0.2, 0.25) is 0 Å². The van der Waals surface area contributed by atoms with Crippen LogP contribution >= 0.6 is 7.37 Å². The Morgan fingerprint density at radius 2 is 1.88 bits per heavy atom. The maximum Gasteiger partial charge on any atom is 0.408 e. The van der Waals surface area contributed by atoms with Crippen molar-refractivity contribution in [2.24, 2.45) is 0 Å².